The highest BCUT2D eigenvalue weighted by atomic mass is 35.5. The minimum absolute atomic E-state index is 0.362. The molecule has 0 radical (unpaired) electrons. The summed E-state index contributed by atoms with van der Waals surface area (Å²) >= 11 is 6.35. The number of anilines is 1. The van der Waals surface area contributed by atoms with Crippen LogP contribution in [0.25, 0.3) is 21.7 Å². The molecule has 3 aromatic carbocycles. The number of ether oxygens (including phenoxy) is 2. The van der Waals surface area contributed by atoms with Crippen LogP contribution in [0.5, 0.6) is 5.75 Å². The summed E-state index contributed by atoms with van der Waals surface area (Å²) in [5.74, 6) is 0.289. The van der Waals surface area contributed by atoms with E-state index in [1.165, 1.54) is 23.6 Å². The molecular weight excluding hydrogens is 526 g/mol. The van der Waals surface area contributed by atoms with Crippen molar-refractivity contribution < 1.29 is 19.4 Å². The number of piperazine rings is 1. The zero-order valence-electron chi connectivity index (χ0n) is 23.0. The van der Waals surface area contributed by atoms with Crippen molar-refractivity contribution in [1.82, 2.24) is 9.88 Å². The first-order valence-corrected chi connectivity index (χ1v) is 14.1. The number of nitrogens with zero attached hydrogens (tertiary/aromatic N) is 2. The van der Waals surface area contributed by atoms with Crippen LogP contribution in [0, 0.1) is 0 Å². The van der Waals surface area contributed by atoms with Crippen LogP contribution in [0.2, 0.25) is 5.02 Å². The quantitative estimate of drug-likeness (QED) is 0.162. The predicted octanol–water partition coefficient (Wildman–Crippen LogP) is 6.05. The van der Waals surface area contributed by atoms with Gasteiger partial charge in [-0.15, -0.1) is 0 Å². The maximum atomic E-state index is 12.0. The standard InChI is InChI=1S/C31H32ClN3O3.CH4O/c1-37-31(36)28-18-26-29(14-13-27(32)30(26)33-28)38-16-6-15-34-19-25-10-5-4-9-24(34)20-35(25)23-12-11-21-7-2-3-8-22(21)17-23;1-2/h2-5,7-8,11-14,17-18,24-25,33H,6,9-10,15-16,19-20H2,1H3;2H,1H3/b5-4-;/t24-,25+;/m0./s1. The zero-order chi connectivity index (χ0) is 28.1. The number of fused-ring (bicyclic) bond motifs is 6. The maximum absolute atomic E-state index is 12.0. The van der Waals surface area contributed by atoms with Crippen molar-refractivity contribution in [2.24, 2.45) is 0 Å². The molecule has 4 heterocycles. The molecule has 0 saturated carbocycles. The molecule has 8 heteroatoms. The lowest BCUT2D eigenvalue weighted by Crippen LogP contribution is -2.59. The molecule has 2 N–H and O–H groups in total. The fourth-order valence-electron chi connectivity index (χ4n) is 5.84. The number of aliphatic hydroxyl groups excluding tert-OH is 1. The van der Waals surface area contributed by atoms with Crippen molar-refractivity contribution in [3.63, 3.8) is 0 Å². The van der Waals surface area contributed by atoms with E-state index in [0.29, 0.717) is 34.9 Å². The number of carbonyl (C=O) groups is 1. The number of methoxy groups -OCH3 is 1. The Morgan fingerprint density at radius 3 is 2.58 bits per heavy atom. The van der Waals surface area contributed by atoms with Gasteiger partial charge in [0.15, 0.2) is 0 Å². The summed E-state index contributed by atoms with van der Waals surface area (Å²) in [7, 11) is 2.36. The molecular formula is C32H36ClN3O4. The highest BCUT2D eigenvalue weighted by Crippen LogP contribution is 2.33. The first-order chi connectivity index (χ1) is 19.6. The van der Waals surface area contributed by atoms with Gasteiger partial charge in [0.1, 0.15) is 11.4 Å². The summed E-state index contributed by atoms with van der Waals surface area (Å²) in [6, 6.07) is 21.8. The predicted molar refractivity (Wildman–Crippen MR) is 162 cm³/mol. The third-order valence-electron chi connectivity index (χ3n) is 7.81. The Labute approximate surface area is 239 Å². The van der Waals surface area contributed by atoms with Crippen molar-refractivity contribution in [2.75, 3.05) is 45.4 Å². The number of esters is 1. The van der Waals surface area contributed by atoms with Gasteiger partial charge in [-0.1, -0.05) is 54.1 Å². The van der Waals surface area contributed by atoms with Gasteiger partial charge in [0.25, 0.3) is 0 Å². The molecule has 2 atom stereocenters. The molecule has 2 bridgehead atoms. The number of hydrogen-bond acceptors (Lipinski definition) is 6. The maximum Gasteiger partial charge on any atom is 0.354 e. The summed E-state index contributed by atoms with van der Waals surface area (Å²) in [6.45, 7) is 3.66. The number of aromatic nitrogens is 1. The van der Waals surface area contributed by atoms with Crippen LogP contribution < -0.4 is 9.64 Å². The fraction of sp³-hybridized carbons (Fsp3) is 0.344. The first-order valence-electron chi connectivity index (χ1n) is 13.7. The van der Waals surface area contributed by atoms with E-state index in [1.54, 1.807) is 12.1 Å². The first kappa shape index (κ1) is 28.0. The summed E-state index contributed by atoms with van der Waals surface area (Å²) in [5, 5.41) is 10.9. The topological polar surface area (TPSA) is 78.0 Å². The van der Waals surface area contributed by atoms with Crippen LogP contribution in [0.3, 0.4) is 0 Å². The van der Waals surface area contributed by atoms with E-state index in [-0.39, 0.29) is 0 Å². The summed E-state index contributed by atoms with van der Waals surface area (Å²) in [4.78, 5) is 20.3. The molecule has 40 heavy (non-hydrogen) atoms. The van der Waals surface area contributed by atoms with Crippen LogP contribution in [-0.4, -0.2) is 73.5 Å². The van der Waals surface area contributed by atoms with Crippen molar-refractivity contribution >= 4 is 44.9 Å². The van der Waals surface area contributed by atoms with Crippen LogP contribution in [0.1, 0.15) is 29.8 Å². The van der Waals surface area contributed by atoms with Crippen molar-refractivity contribution in [3.05, 3.63) is 83.5 Å². The minimum atomic E-state index is -0.429. The lowest BCUT2D eigenvalue weighted by atomic mass is 9.96. The number of H-pyrrole nitrogens is 1. The number of aliphatic hydroxyl groups is 1. The second-order valence-electron chi connectivity index (χ2n) is 10.1. The highest BCUT2D eigenvalue weighted by molar-refractivity contribution is 6.35. The van der Waals surface area contributed by atoms with Crippen LogP contribution in [0.4, 0.5) is 5.69 Å². The van der Waals surface area contributed by atoms with Gasteiger partial charge in [0, 0.05) is 49.9 Å². The molecule has 0 aliphatic carbocycles. The van der Waals surface area contributed by atoms with Gasteiger partial charge >= 0.3 is 5.97 Å². The molecule has 7 rings (SSSR count). The van der Waals surface area contributed by atoms with E-state index in [2.05, 4.69) is 69.4 Å². The number of aromatic amines is 1. The van der Waals surface area contributed by atoms with Gasteiger partial charge in [-0.25, -0.2) is 4.79 Å². The van der Waals surface area contributed by atoms with Gasteiger partial charge in [-0.3, -0.25) is 4.90 Å². The number of halogens is 1. The Kier molecular flexibility index (Phi) is 8.94. The van der Waals surface area contributed by atoms with Crippen molar-refractivity contribution in [1.29, 1.82) is 0 Å². The summed E-state index contributed by atoms with van der Waals surface area (Å²) in [6.07, 6.45) is 7.76. The molecule has 0 spiro atoms. The van der Waals surface area contributed by atoms with Crippen LogP contribution >= 0.6 is 11.6 Å². The molecule has 3 aliphatic rings. The third-order valence-corrected chi connectivity index (χ3v) is 8.13. The second kappa shape index (κ2) is 12.8. The normalized spacial score (nSPS) is 19.6. The molecule has 4 aromatic rings. The average Bonchev–Trinajstić information content (AvgIpc) is 3.44. The molecule has 7 nitrogen and oxygen atoms in total. The number of hydrogen-bond donors (Lipinski definition) is 2. The van der Waals surface area contributed by atoms with Gasteiger partial charge in [0.05, 0.1) is 24.3 Å². The number of rotatable bonds is 7. The van der Waals surface area contributed by atoms with E-state index >= 15 is 0 Å². The molecule has 1 fully saturated rings. The van der Waals surface area contributed by atoms with E-state index in [0.717, 1.165) is 57.1 Å². The molecule has 3 aliphatic heterocycles. The Hall–Kier alpha value is -3.52. The van der Waals surface area contributed by atoms with E-state index in [4.69, 9.17) is 26.2 Å². The minimum Gasteiger partial charge on any atom is -0.493 e. The summed E-state index contributed by atoms with van der Waals surface area (Å²) in [5.41, 5.74) is 2.37. The monoisotopic (exact) mass is 561 g/mol. The van der Waals surface area contributed by atoms with Crippen LogP contribution in [0.15, 0.2) is 72.8 Å². The van der Waals surface area contributed by atoms with Gasteiger partial charge in [0.2, 0.25) is 0 Å². The van der Waals surface area contributed by atoms with Crippen molar-refractivity contribution in [2.45, 2.75) is 31.3 Å². The second-order valence-corrected chi connectivity index (χ2v) is 10.5. The lowest BCUT2D eigenvalue weighted by molar-refractivity contribution is 0.0595. The molecule has 0 amide bonds. The Bertz CT molecular complexity index is 1500. The molecule has 0 unspecified atom stereocenters. The fourth-order valence-corrected chi connectivity index (χ4v) is 6.05. The van der Waals surface area contributed by atoms with Gasteiger partial charge < -0.3 is 24.5 Å². The third kappa shape index (κ3) is 5.82. The van der Waals surface area contributed by atoms with E-state index < -0.39 is 5.97 Å². The molecule has 210 valence electrons. The zero-order valence-corrected chi connectivity index (χ0v) is 23.7. The van der Waals surface area contributed by atoms with Gasteiger partial charge in [-0.2, -0.15) is 0 Å². The smallest absolute Gasteiger partial charge is 0.354 e. The SMILES string of the molecule is CO.COC(=O)c1cc2c(OCCCN3C[C@H]4C/C=C\C[C@H]3CN4c3ccc4ccccc4c3)ccc(Cl)c2[nH]1. The Balaban J connectivity index is 0.00000158. The lowest BCUT2D eigenvalue weighted by Gasteiger charge is -2.48. The number of nitrogens with one attached hydrogen (secondary N) is 1. The average molecular weight is 562 g/mol. The Morgan fingerprint density at radius 2 is 1.77 bits per heavy atom. The Morgan fingerprint density at radius 1 is 1.00 bits per heavy atom. The van der Waals surface area contributed by atoms with Crippen LogP contribution in [-0.2, 0) is 4.74 Å². The van der Waals surface area contributed by atoms with Gasteiger partial charge in [-0.05, 0) is 60.4 Å². The number of benzene rings is 3. The van der Waals surface area contributed by atoms with E-state index in [9.17, 15) is 4.79 Å². The summed E-state index contributed by atoms with van der Waals surface area (Å²) < 4.78 is 11.0. The molecule has 1 aromatic heterocycles. The largest absolute Gasteiger partial charge is 0.493 e. The van der Waals surface area contributed by atoms with E-state index in [1.807, 2.05) is 6.07 Å². The van der Waals surface area contributed by atoms with Crippen molar-refractivity contribution in [3.8, 4) is 5.75 Å². The highest BCUT2D eigenvalue weighted by Gasteiger charge is 2.33. The number of carbonyl (C=O) groups excluding carboxylic acids is 1. The molecule has 1 saturated heterocycles.